The fourth-order valence-corrected chi connectivity index (χ4v) is 2.56. The third-order valence-electron chi connectivity index (χ3n) is 3.40. The molecule has 3 heterocycles. The lowest BCUT2D eigenvalue weighted by Crippen LogP contribution is -2.27. The second-order valence-electron chi connectivity index (χ2n) is 4.89. The molecule has 1 saturated heterocycles. The molecule has 0 amide bonds. The van der Waals surface area contributed by atoms with E-state index >= 15 is 0 Å². The number of ether oxygens (including phenoxy) is 1. The van der Waals surface area contributed by atoms with Gasteiger partial charge in [-0.05, 0) is 26.2 Å². The predicted molar refractivity (Wildman–Crippen MR) is 86.2 cm³/mol. The summed E-state index contributed by atoms with van der Waals surface area (Å²) in [4.78, 5) is 4.36. The van der Waals surface area contributed by atoms with E-state index in [4.69, 9.17) is 16.3 Å². The van der Waals surface area contributed by atoms with Gasteiger partial charge >= 0.3 is 0 Å². The minimum atomic E-state index is 0.275. The zero-order chi connectivity index (χ0) is 15.2. The molecule has 2 aromatic heterocycles. The third-order valence-corrected chi connectivity index (χ3v) is 3.59. The fourth-order valence-electron chi connectivity index (χ4n) is 2.37. The Hall–Kier alpha value is -1.33. The monoisotopic (exact) mass is 310 g/mol. The van der Waals surface area contributed by atoms with Crippen LogP contribution < -0.4 is 5.32 Å². The van der Waals surface area contributed by atoms with Gasteiger partial charge in [-0.15, -0.1) is 0 Å². The smallest absolute Gasteiger partial charge is 0.177 e. The number of hydrogen-bond acceptors (Lipinski definition) is 4. The molecule has 1 aliphatic rings. The van der Waals surface area contributed by atoms with Crippen molar-refractivity contribution < 1.29 is 4.74 Å². The molecule has 21 heavy (non-hydrogen) atoms. The first-order chi connectivity index (χ1) is 10.2. The molecule has 6 heteroatoms. The van der Waals surface area contributed by atoms with Crippen molar-refractivity contribution >= 4 is 22.9 Å². The van der Waals surface area contributed by atoms with Gasteiger partial charge in [-0.3, -0.25) is 0 Å². The van der Waals surface area contributed by atoms with Crippen LogP contribution in [0, 0.1) is 6.92 Å². The Balaban J connectivity index is 0.000000774. The van der Waals surface area contributed by atoms with Gasteiger partial charge in [0.1, 0.15) is 0 Å². The van der Waals surface area contributed by atoms with Gasteiger partial charge in [-0.1, -0.05) is 25.4 Å². The molecule has 0 aliphatic carbocycles. The molecule has 0 radical (unpaired) electrons. The highest BCUT2D eigenvalue weighted by Gasteiger charge is 2.15. The number of aromatic nitrogens is 3. The van der Waals surface area contributed by atoms with Gasteiger partial charge in [0, 0.05) is 19.2 Å². The number of fused-ring (bicyclic) bond motifs is 1. The van der Waals surface area contributed by atoms with Crippen molar-refractivity contribution in [2.75, 3.05) is 18.5 Å². The molecule has 1 aliphatic heterocycles. The van der Waals surface area contributed by atoms with E-state index in [2.05, 4.69) is 15.4 Å². The van der Waals surface area contributed by atoms with E-state index in [-0.39, 0.29) is 6.10 Å². The van der Waals surface area contributed by atoms with Crippen molar-refractivity contribution in [3.05, 3.63) is 23.1 Å². The van der Waals surface area contributed by atoms with Crippen LogP contribution in [0.2, 0.25) is 5.15 Å². The Bertz CT molecular complexity index is 578. The van der Waals surface area contributed by atoms with Crippen molar-refractivity contribution in [2.24, 2.45) is 0 Å². The topological polar surface area (TPSA) is 51.5 Å². The first-order valence-corrected chi connectivity index (χ1v) is 7.98. The van der Waals surface area contributed by atoms with Crippen LogP contribution in [0.3, 0.4) is 0 Å². The Morgan fingerprint density at radius 1 is 1.43 bits per heavy atom. The highest BCUT2D eigenvalue weighted by Crippen LogP contribution is 2.21. The first-order valence-electron chi connectivity index (χ1n) is 7.60. The molecule has 0 saturated carbocycles. The van der Waals surface area contributed by atoms with Crippen molar-refractivity contribution in [1.82, 2.24) is 14.6 Å². The van der Waals surface area contributed by atoms with Gasteiger partial charge < -0.3 is 10.1 Å². The summed E-state index contributed by atoms with van der Waals surface area (Å²) in [6.07, 6.45) is 5.58. The van der Waals surface area contributed by atoms with E-state index < -0.39 is 0 Å². The Kier molecular flexibility index (Phi) is 5.82. The molecule has 116 valence electrons. The molecule has 0 aromatic carbocycles. The molecule has 1 fully saturated rings. The molecular formula is C15H23ClN4O. The van der Waals surface area contributed by atoms with Gasteiger partial charge in [0.05, 0.1) is 23.7 Å². The highest BCUT2D eigenvalue weighted by molar-refractivity contribution is 6.29. The van der Waals surface area contributed by atoms with Crippen LogP contribution in [-0.4, -0.2) is 33.9 Å². The van der Waals surface area contributed by atoms with Crippen LogP contribution in [-0.2, 0) is 4.74 Å². The number of halogens is 1. The maximum absolute atomic E-state index is 6.04. The molecule has 2 aromatic rings. The van der Waals surface area contributed by atoms with Gasteiger partial charge in [0.2, 0.25) is 0 Å². The van der Waals surface area contributed by atoms with Crippen molar-refractivity contribution in [1.29, 1.82) is 0 Å². The number of aryl methyl sites for hydroxylation is 1. The summed E-state index contributed by atoms with van der Waals surface area (Å²) in [6.45, 7) is 7.60. The lowest BCUT2D eigenvalue weighted by atomic mass is 10.1. The normalized spacial score (nSPS) is 18.2. The number of nitrogens with zero attached hydrogens (tertiary/aromatic N) is 3. The highest BCUT2D eigenvalue weighted by atomic mass is 35.5. The summed E-state index contributed by atoms with van der Waals surface area (Å²) in [5.41, 5.74) is 2.68. The van der Waals surface area contributed by atoms with Gasteiger partial charge in [-0.25, -0.2) is 9.50 Å². The van der Waals surface area contributed by atoms with Crippen LogP contribution in [0.1, 0.15) is 38.8 Å². The fraction of sp³-hybridized carbons (Fsp3) is 0.600. The minimum Gasteiger partial charge on any atom is -0.379 e. The molecule has 3 rings (SSSR count). The van der Waals surface area contributed by atoms with E-state index in [1.165, 1.54) is 12.8 Å². The first kappa shape index (κ1) is 16.0. The van der Waals surface area contributed by atoms with Crippen molar-refractivity contribution in [3.63, 3.8) is 0 Å². The number of hydrogen-bond donors (Lipinski definition) is 1. The number of rotatable bonds is 3. The molecular weight excluding hydrogens is 288 g/mol. The van der Waals surface area contributed by atoms with Crippen LogP contribution in [0.15, 0.2) is 12.3 Å². The molecule has 1 N–H and O–H groups in total. The number of anilines is 1. The van der Waals surface area contributed by atoms with Gasteiger partial charge in [0.15, 0.2) is 10.8 Å². The summed E-state index contributed by atoms with van der Waals surface area (Å²) in [7, 11) is 0. The van der Waals surface area contributed by atoms with Crippen LogP contribution in [0.5, 0.6) is 0 Å². The van der Waals surface area contributed by atoms with E-state index in [1.54, 1.807) is 10.7 Å². The number of imidazole rings is 1. The summed E-state index contributed by atoms with van der Waals surface area (Å²) < 4.78 is 7.47. The summed E-state index contributed by atoms with van der Waals surface area (Å²) in [5, 5.41) is 8.08. The maximum atomic E-state index is 6.04. The zero-order valence-electron chi connectivity index (χ0n) is 12.9. The predicted octanol–water partition coefficient (Wildman–Crippen LogP) is 3.70. The summed E-state index contributed by atoms with van der Waals surface area (Å²) >= 11 is 6.04. The van der Waals surface area contributed by atoms with Crippen molar-refractivity contribution in [2.45, 2.75) is 46.1 Å². The van der Waals surface area contributed by atoms with Gasteiger partial charge in [0.25, 0.3) is 0 Å². The molecule has 5 nitrogen and oxygen atoms in total. The number of nitrogens with one attached hydrogen (secondary N) is 1. The average Bonchev–Trinajstić information content (AvgIpc) is 2.89. The van der Waals surface area contributed by atoms with E-state index in [0.29, 0.717) is 5.15 Å². The summed E-state index contributed by atoms with van der Waals surface area (Å²) in [5.74, 6) is 0. The second-order valence-corrected chi connectivity index (χ2v) is 5.27. The molecule has 1 atom stereocenters. The lowest BCUT2D eigenvalue weighted by molar-refractivity contribution is 0.0248. The average molecular weight is 311 g/mol. The van der Waals surface area contributed by atoms with Crippen LogP contribution in [0.25, 0.3) is 5.65 Å². The Labute approximate surface area is 130 Å². The third kappa shape index (κ3) is 3.86. The van der Waals surface area contributed by atoms with E-state index in [0.717, 1.165) is 36.6 Å². The Morgan fingerprint density at radius 2 is 2.24 bits per heavy atom. The lowest BCUT2D eigenvalue weighted by Gasteiger charge is -2.23. The molecule has 0 spiro atoms. The summed E-state index contributed by atoms with van der Waals surface area (Å²) in [6, 6.07) is 1.81. The van der Waals surface area contributed by atoms with Crippen LogP contribution >= 0.6 is 11.6 Å². The van der Waals surface area contributed by atoms with Gasteiger partial charge in [-0.2, -0.15) is 5.10 Å². The minimum absolute atomic E-state index is 0.275. The van der Waals surface area contributed by atoms with E-state index in [1.807, 2.05) is 26.8 Å². The zero-order valence-corrected chi connectivity index (χ0v) is 13.7. The maximum Gasteiger partial charge on any atom is 0.177 e. The largest absolute Gasteiger partial charge is 0.379 e. The Morgan fingerprint density at radius 3 is 2.95 bits per heavy atom. The SMILES string of the molecule is CC.Cc1cnc2c(NCC3CCCCO3)cc(Cl)nn12. The second kappa shape index (κ2) is 7.61. The van der Waals surface area contributed by atoms with Crippen molar-refractivity contribution in [3.8, 4) is 0 Å². The van der Waals surface area contributed by atoms with E-state index in [9.17, 15) is 0 Å². The standard InChI is InChI=1S/C13H17ClN4O.C2H6/c1-9-7-16-13-11(6-12(14)17-18(9)13)15-8-10-4-2-3-5-19-10;1-2/h6-7,10,15H,2-5,8H2,1H3;1-2H3. The molecule has 0 bridgehead atoms. The van der Waals surface area contributed by atoms with Crippen LogP contribution in [0.4, 0.5) is 5.69 Å². The molecule has 1 unspecified atom stereocenters. The quantitative estimate of drug-likeness (QED) is 0.939.